The molecule has 14 heavy (non-hydrogen) atoms. The van der Waals surface area contributed by atoms with Gasteiger partial charge in [0.25, 0.3) is 0 Å². The molecule has 1 aliphatic carbocycles. The average molecular weight is 195 g/mol. The lowest BCUT2D eigenvalue weighted by Crippen LogP contribution is -2.22. The Morgan fingerprint density at radius 1 is 1.71 bits per heavy atom. The molecule has 0 spiro atoms. The van der Waals surface area contributed by atoms with Crippen LogP contribution in [-0.2, 0) is 17.7 Å². The molecule has 1 atom stereocenters. The van der Waals surface area contributed by atoms with Crippen molar-refractivity contribution < 1.29 is 4.74 Å². The van der Waals surface area contributed by atoms with E-state index in [2.05, 4.69) is 5.10 Å². The Bertz CT molecular complexity index is 308. The molecule has 1 aromatic rings. The summed E-state index contributed by atoms with van der Waals surface area (Å²) in [4.78, 5) is 0. The fourth-order valence-corrected chi connectivity index (χ4v) is 2.06. The van der Waals surface area contributed by atoms with E-state index in [4.69, 9.17) is 10.5 Å². The molecule has 0 amide bonds. The van der Waals surface area contributed by atoms with Gasteiger partial charge in [-0.15, -0.1) is 0 Å². The average Bonchev–Trinajstić information content (AvgIpc) is 2.59. The van der Waals surface area contributed by atoms with Crippen LogP contribution in [0, 0.1) is 0 Å². The molecule has 78 valence electrons. The van der Waals surface area contributed by atoms with Crippen molar-refractivity contribution in [3.8, 4) is 0 Å². The highest BCUT2D eigenvalue weighted by molar-refractivity contribution is 5.23. The van der Waals surface area contributed by atoms with Crippen molar-refractivity contribution in [1.82, 2.24) is 9.78 Å². The van der Waals surface area contributed by atoms with Gasteiger partial charge < -0.3 is 10.5 Å². The minimum atomic E-state index is 0.165. The minimum Gasteiger partial charge on any atom is -0.383 e. The minimum absolute atomic E-state index is 0.165. The topological polar surface area (TPSA) is 53.1 Å². The third-order valence-corrected chi connectivity index (χ3v) is 2.78. The van der Waals surface area contributed by atoms with Crippen molar-refractivity contribution in [3.05, 3.63) is 17.5 Å². The molecular formula is C10H17N3O. The molecule has 1 aliphatic rings. The van der Waals surface area contributed by atoms with Gasteiger partial charge in [-0.05, 0) is 24.8 Å². The van der Waals surface area contributed by atoms with E-state index >= 15 is 0 Å². The van der Waals surface area contributed by atoms with E-state index in [0.717, 1.165) is 19.4 Å². The summed E-state index contributed by atoms with van der Waals surface area (Å²) < 4.78 is 7.03. The normalized spacial score (nSPS) is 20.9. The van der Waals surface area contributed by atoms with Gasteiger partial charge >= 0.3 is 0 Å². The van der Waals surface area contributed by atoms with Crippen molar-refractivity contribution in [3.63, 3.8) is 0 Å². The molecule has 0 bridgehead atoms. The third kappa shape index (κ3) is 1.67. The number of aromatic nitrogens is 2. The van der Waals surface area contributed by atoms with Gasteiger partial charge in [-0.3, -0.25) is 4.68 Å². The first-order valence-corrected chi connectivity index (χ1v) is 5.12. The number of hydrogen-bond donors (Lipinski definition) is 1. The zero-order valence-corrected chi connectivity index (χ0v) is 8.57. The summed E-state index contributed by atoms with van der Waals surface area (Å²) in [7, 11) is 1.70. The molecule has 2 rings (SSSR count). The van der Waals surface area contributed by atoms with Crippen LogP contribution in [0.15, 0.2) is 6.20 Å². The molecule has 1 heterocycles. The van der Waals surface area contributed by atoms with Gasteiger partial charge in [-0.1, -0.05) is 0 Å². The van der Waals surface area contributed by atoms with Crippen LogP contribution in [0.1, 0.15) is 30.1 Å². The SMILES string of the molecule is COCCn1ncc2c1C(N)CCC2. The second-order valence-electron chi connectivity index (χ2n) is 3.77. The van der Waals surface area contributed by atoms with E-state index in [0.29, 0.717) is 6.61 Å². The second-order valence-corrected chi connectivity index (χ2v) is 3.77. The van der Waals surface area contributed by atoms with E-state index in [1.54, 1.807) is 7.11 Å². The van der Waals surface area contributed by atoms with Gasteiger partial charge in [0.05, 0.1) is 25.0 Å². The Morgan fingerprint density at radius 2 is 2.57 bits per heavy atom. The van der Waals surface area contributed by atoms with Crippen LogP contribution in [0.4, 0.5) is 0 Å². The molecule has 4 nitrogen and oxygen atoms in total. The standard InChI is InChI=1S/C10H17N3O/c1-14-6-5-13-10-8(7-12-13)3-2-4-9(10)11/h7,9H,2-6,11H2,1H3. The van der Waals surface area contributed by atoms with Crippen molar-refractivity contribution in [2.75, 3.05) is 13.7 Å². The Hall–Kier alpha value is -0.870. The lowest BCUT2D eigenvalue weighted by molar-refractivity contribution is 0.181. The number of rotatable bonds is 3. The monoisotopic (exact) mass is 195 g/mol. The summed E-state index contributed by atoms with van der Waals surface area (Å²) in [5.74, 6) is 0. The Labute approximate surface area is 84.0 Å². The molecule has 0 saturated carbocycles. The molecule has 0 fully saturated rings. The van der Waals surface area contributed by atoms with Gasteiger partial charge in [0.1, 0.15) is 0 Å². The molecule has 0 saturated heterocycles. The first-order valence-electron chi connectivity index (χ1n) is 5.12. The molecule has 1 aromatic heterocycles. The zero-order chi connectivity index (χ0) is 9.97. The van der Waals surface area contributed by atoms with Crippen LogP contribution in [-0.4, -0.2) is 23.5 Å². The molecule has 2 N–H and O–H groups in total. The Morgan fingerprint density at radius 3 is 3.36 bits per heavy atom. The second kappa shape index (κ2) is 4.11. The van der Waals surface area contributed by atoms with Crippen molar-refractivity contribution in [1.29, 1.82) is 0 Å². The number of aryl methyl sites for hydroxylation is 1. The highest BCUT2D eigenvalue weighted by atomic mass is 16.5. The van der Waals surface area contributed by atoms with Crippen molar-refractivity contribution in [2.45, 2.75) is 31.8 Å². The summed E-state index contributed by atoms with van der Waals surface area (Å²) in [6, 6.07) is 0.165. The van der Waals surface area contributed by atoms with E-state index < -0.39 is 0 Å². The van der Waals surface area contributed by atoms with Crippen LogP contribution < -0.4 is 5.73 Å². The zero-order valence-electron chi connectivity index (χ0n) is 8.57. The molecule has 0 aliphatic heterocycles. The summed E-state index contributed by atoms with van der Waals surface area (Å²) in [5, 5.41) is 4.34. The number of ether oxygens (including phenoxy) is 1. The van der Waals surface area contributed by atoms with Crippen LogP contribution in [0.2, 0.25) is 0 Å². The maximum absolute atomic E-state index is 6.06. The maximum atomic E-state index is 6.06. The largest absolute Gasteiger partial charge is 0.383 e. The van der Waals surface area contributed by atoms with Crippen LogP contribution >= 0.6 is 0 Å². The molecular weight excluding hydrogens is 178 g/mol. The molecule has 0 aromatic carbocycles. The summed E-state index contributed by atoms with van der Waals surface area (Å²) in [6.07, 6.45) is 5.33. The van der Waals surface area contributed by atoms with Gasteiger partial charge in [0.15, 0.2) is 0 Å². The van der Waals surface area contributed by atoms with E-state index in [-0.39, 0.29) is 6.04 Å². The summed E-state index contributed by atoms with van der Waals surface area (Å²) in [5.41, 5.74) is 8.60. The third-order valence-electron chi connectivity index (χ3n) is 2.78. The smallest absolute Gasteiger partial charge is 0.0659 e. The molecule has 4 heteroatoms. The number of fused-ring (bicyclic) bond motifs is 1. The predicted molar refractivity (Wildman–Crippen MR) is 54.0 cm³/mol. The first kappa shape index (κ1) is 9.68. The number of nitrogens with two attached hydrogens (primary N) is 1. The predicted octanol–water partition coefficient (Wildman–Crippen LogP) is 0.866. The maximum Gasteiger partial charge on any atom is 0.0659 e. The number of methoxy groups -OCH3 is 1. The van der Waals surface area contributed by atoms with Crippen LogP contribution in [0.5, 0.6) is 0 Å². The summed E-state index contributed by atoms with van der Waals surface area (Å²) >= 11 is 0. The van der Waals surface area contributed by atoms with E-state index in [1.807, 2.05) is 10.9 Å². The van der Waals surface area contributed by atoms with E-state index in [1.165, 1.54) is 17.7 Å². The van der Waals surface area contributed by atoms with Crippen molar-refractivity contribution in [2.24, 2.45) is 5.73 Å². The van der Waals surface area contributed by atoms with Crippen molar-refractivity contribution >= 4 is 0 Å². The highest BCUT2D eigenvalue weighted by Gasteiger charge is 2.21. The lowest BCUT2D eigenvalue weighted by atomic mass is 9.94. The van der Waals surface area contributed by atoms with E-state index in [9.17, 15) is 0 Å². The van der Waals surface area contributed by atoms with Gasteiger partial charge in [-0.25, -0.2) is 0 Å². The van der Waals surface area contributed by atoms with Crippen LogP contribution in [0.25, 0.3) is 0 Å². The summed E-state index contributed by atoms with van der Waals surface area (Å²) in [6.45, 7) is 1.50. The quantitative estimate of drug-likeness (QED) is 0.778. The lowest BCUT2D eigenvalue weighted by Gasteiger charge is -2.20. The fourth-order valence-electron chi connectivity index (χ4n) is 2.06. The Balaban J connectivity index is 2.20. The number of hydrogen-bond acceptors (Lipinski definition) is 3. The van der Waals surface area contributed by atoms with Gasteiger partial charge in [0.2, 0.25) is 0 Å². The fraction of sp³-hybridized carbons (Fsp3) is 0.700. The van der Waals surface area contributed by atoms with Crippen LogP contribution in [0.3, 0.4) is 0 Å². The van der Waals surface area contributed by atoms with Gasteiger partial charge in [-0.2, -0.15) is 5.10 Å². The molecule has 1 unspecified atom stereocenters. The molecule has 0 radical (unpaired) electrons. The Kier molecular flexibility index (Phi) is 2.84. The highest BCUT2D eigenvalue weighted by Crippen LogP contribution is 2.27. The number of nitrogens with zero attached hydrogens (tertiary/aromatic N) is 2. The van der Waals surface area contributed by atoms with Gasteiger partial charge in [0, 0.05) is 13.2 Å². The first-order chi connectivity index (χ1) is 6.83.